The van der Waals surface area contributed by atoms with Gasteiger partial charge in [0.25, 0.3) is 0 Å². The molecule has 0 radical (unpaired) electrons. The highest BCUT2D eigenvalue weighted by Gasteiger charge is 2.08. The highest BCUT2D eigenvalue weighted by molar-refractivity contribution is 9.10. The Kier molecular flexibility index (Phi) is 2.94. The Balaban J connectivity index is 2.59. The summed E-state index contributed by atoms with van der Waals surface area (Å²) in [5, 5.41) is 0. The molecule has 0 aliphatic heterocycles. The Labute approximate surface area is 95.7 Å². The molecule has 0 unspecified atom stereocenters. The molecule has 0 saturated heterocycles. The van der Waals surface area contributed by atoms with Crippen molar-refractivity contribution >= 4 is 21.7 Å². The normalized spacial score (nSPS) is 10.0. The first-order chi connectivity index (χ1) is 7.33. The molecule has 1 heterocycles. The van der Waals surface area contributed by atoms with Gasteiger partial charge in [-0.1, -0.05) is 34.1 Å². The maximum absolute atomic E-state index is 5.37. The molecule has 0 atom stereocenters. The smallest absolute Gasteiger partial charge is 0.166 e. The minimum Gasteiger partial charge on any atom is -0.307 e. The lowest BCUT2D eigenvalue weighted by Gasteiger charge is -2.07. The molecule has 15 heavy (non-hydrogen) atoms. The highest BCUT2D eigenvalue weighted by Crippen LogP contribution is 2.29. The predicted octanol–water partition coefficient (Wildman–Crippen LogP) is 2.19. The fourth-order valence-corrected chi connectivity index (χ4v) is 1.77. The van der Waals surface area contributed by atoms with Crippen molar-refractivity contribution in [3.8, 4) is 11.3 Å². The van der Waals surface area contributed by atoms with E-state index < -0.39 is 0 Å². The van der Waals surface area contributed by atoms with Crippen LogP contribution in [0.2, 0.25) is 0 Å². The van der Waals surface area contributed by atoms with Gasteiger partial charge in [0.05, 0.1) is 0 Å². The summed E-state index contributed by atoms with van der Waals surface area (Å²) in [4.78, 5) is 8.34. The summed E-state index contributed by atoms with van der Waals surface area (Å²) in [6, 6.07) is 7.79. The average molecular weight is 265 g/mol. The lowest BCUT2D eigenvalue weighted by Crippen LogP contribution is -2.10. The minimum absolute atomic E-state index is 0.560. The summed E-state index contributed by atoms with van der Waals surface area (Å²) in [5.74, 6) is 5.93. The average Bonchev–Trinajstić information content (AvgIpc) is 2.30. The first-order valence-electron chi connectivity index (χ1n) is 4.35. The number of nitrogens with zero attached hydrogens (tertiary/aromatic N) is 2. The van der Waals surface area contributed by atoms with Crippen LogP contribution in [0.25, 0.3) is 11.3 Å². The Hall–Kier alpha value is -1.46. The molecule has 2 aromatic rings. The van der Waals surface area contributed by atoms with Crippen molar-refractivity contribution in [2.75, 3.05) is 5.43 Å². The van der Waals surface area contributed by atoms with E-state index in [1.165, 1.54) is 0 Å². The summed E-state index contributed by atoms with van der Waals surface area (Å²) >= 11 is 3.46. The van der Waals surface area contributed by atoms with Crippen molar-refractivity contribution in [3.63, 3.8) is 0 Å². The van der Waals surface area contributed by atoms with Gasteiger partial charge in [-0.15, -0.1) is 0 Å². The van der Waals surface area contributed by atoms with Crippen molar-refractivity contribution in [3.05, 3.63) is 41.1 Å². The van der Waals surface area contributed by atoms with Crippen LogP contribution in [0, 0.1) is 0 Å². The van der Waals surface area contributed by atoms with E-state index in [1.807, 2.05) is 24.3 Å². The molecule has 3 N–H and O–H groups in total. The fourth-order valence-electron chi connectivity index (χ4n) is 1.29. The zero-order valence-electron chi connectivity index (χ0n) is 7.81. The Morgan fingerprint density at radius 2 is 1.87 bits per heavy atom. The number of anilines is 1. The first kappa shape index (κ1) is 10.1. The van der Waals surface area contributed by atoms with Crippen LogP contribution in [-0.2, 0) is 0 Å². The SMILES string of the molecule is NNc1nccnc1-c1ccccc1Br. The number of nitrogen functional groups attached to an aromatic ring is 1. The second kappa shape index (κ2) is 4.37. The number of hydrogen-bond acceptors (Lipinski definition) is 4. The molecule has 0 spiro atoms. The summed E-state index contributed by atoms with van der Waals surface area (Å²) in [6.07, 6.45) is 3.23. The number of nitrogens with two attached hydrogens (primary N) is 1. The summed E-state index contributed by atoms with van der Waals surface area (Å²) < 4.78 is 0.960. The van der Waals surface area contributed by atoms with Crippen LogP contribution in [0.1, 0.15) is 0 Å². The molecule has 1 aromatic heterocycles. The zero-order valence-corrected chi connectivity index (χ0v) is 9.40. The molecule has 1 aromatic carbocycles. The molecule has 2 rings (SSSR count). The molecular formula is C10H9BrN4. The van der Waals surface area contributed by atoms with Crippen molar-refractivity contribution in [2.24, 2.45) is 5.84 Å². The van der Waals surface area contributed by atoms with E-state index >= 15 is 0 Å². The van der Waals surface area contributed by atoms with Gasteiger partial charge in [0, 0.05) is 22.4 Å². The number of hydrogen-bond donors (Lipinski definition) is 2. The van der Waals surface area contributed by atoms with Gasteiger partial charge in [0.2, 0.25) is 0 Å². The maximum Gasteiger partial charge on any atom is 0.166 e. The summed E-state index contributed by atoms with van der Waals surface area (Å²) in [6.45, 7) is 0. The summed E-state index contributed by atoms with van der Waals surface area (Å²) in [7, 11) is 0. The number of benzene rings is 1. The van der Waals surface area contributed by atoms with E-state index in [2.05, 4.69) is 31.3 Å². The number of rotatable bonds is 2. The molecule has 0 saturated carbocycles. The van der Waals surface area contributed by atoms with E-state index in [1.54, 1.807) is 12.4 Å². The Morgan fingerprint density at radius 1 is 1.13 bits per heavy atom. The van der Waals surface area contributed by atoms with Gasteiger partial charge in [0.15, 0.2) is 5.82 Å². The molecule has 0 fully saturated rings. The van der Waals surface area contributed by atoms with Crippen molar-refractivity contribution in [2.45, 2.75) is 0 Å². The molecule has 0 bridgehead atoms. The Bertz CT molecular complexity index is 472. The van der Waals surface area contributed by atoms with Crippen molar-refractivity contribution < 1.29 is 0 Å². The van der Waals surface area contributed by atoms with Gasteiger partial charge in [0.1, 0.15) is 5.69 Å². The van der Waals surface area contributed by atoms with Crippen LogP contribution in [0.3, 0.4) is 0 Å². The van der Waals surface area contributed by atoms with Crippen LogP contribution in [0.4, 0.5) is 5.82 Å². The lowest BCUT2D eigenvalue weighted by atomic mass is 10.1. The van der Waals surface area contributed by atoms with Crippen molar-refractivity contribution in [1.29, 1.82) is 0 Å². The number of aromatic nitrogens is 2. The van der Waals surface area contributed by atoms with E-state index in [-0.39, 0.29) is 0 Å². The molecule has 0 aliphatic rings. The van der Waals surface area contributed by atoms with Crippen LogP contribution in [0.5, 0.6) is 0 Å². The van der Waals surface area contributed by atoms with Crippen LogP contribution < -0.4 is 11.3 Å². The van der Waals surface area contributed by atoms with Gasteiger partial charge >= 0.3 is 0 Å². The summed E-state index contributed by atoms with van der Waals surface area (Å²) in [5.41, 5.74) is 4.21. The first-order valence-corrected chi connectivity index (χ1v) is 5.14. The molecule has 76 valence electrons. The quantitative estimate of drug-likeness (QED) is 0.645. The second-order valence-corrected chi connectivity index (χ2v) is 3.73. The third kappa shape index (κ3) is 1.98. The van der Waals surface area contributed by atoms with E-state index in [0.29, 0.717) is 5.82 Å². The van der Waals surface area contributed by atoms with E-state index in [0.717, 1.165) is 15.7 Å². The van der Waals surface area contributed by atoms with Crippen LogP contribution in [0.15, 0.2) is 41.1 Å². The van der Waals surface area contributed by atoms with Gasteiger partial charge in [-0.3, -0.25) is 4.98 Å². The van der Waals surface area contributed by atoms with Gasteiger partial charge < -0.3 is 5.43 Å². The molecule has 4 nitrogen and oxygen atoms in total. The third-order valence-electron chi connectivity index (χ3n) is 1.96. The second-order valence-electron chi connectivity index (χ2n) is 2.88. The molecule has 0 amide bonds. The number of halogens is 1. The topological polar surface area (TPSA) is 63.8 Å². The van der Waals surface area contributed by atoms with E-state index in [4.69, 9.17) is 5.84 Å². The zero-order chi connectivity index (χ0) is 10.7. The van der Waals surface area contributed by atoms with Crippen LogP contribution >= 0.6 is 15.9 Å². The molecular weight excluding hydrogens is 256 g/mol. The molecule has 5 heteroatoms. The number of hydrazine groups is 1. The highest BCUT2D eigenvalue weighted by atomic mass is 79.9. The number of nitrogens with one attached hydrogen (secondary N) is 1. The van der Waals surface area contributed by atoms with E-state index in [9.17, 15) is 0 Å². The fraction of sp³-hybridized carbons (Fsp3) is 0. The monoisotopic (exact) mass is 264 g/mol. The molecule has 0 aliphatic carbocycles. The van der Waals surface area contributed by atoms with Crippen LogP contribution in [-0.4, -0.2) is 9.97 Å². The predicted molar refractivity (Wildman–Crippen MR) is 63.0 cm³/mol. The van der Waals surface area contributed by atoms with Crippen molar-refractivity contribution in [1.82, 2.24) is 9.97 Å². The largest absolute Gasteiger partial charge is 0.307 e. The van der Waals surface area contributed by atoms with Gasteiger partial charge in [-0.25, -0.2) is 10.8 Å². The Morgan fingerprint density at radius 3 is 2.60 bits per heavy atom. The minimum atomic E-state index is 0.560. The third-order valence-corrected chi connectivity index (χ3v) is 2.66. The van der Waals surface area contributed by atoms with Gasteiger partial charge in [-0.2, -0.15) is 0 Å². The maximum atomic E-state index is 5.37. The van der Waals surface area contributed by atoms with Gasteiger partial charge in [-0.05, 0) is 6.07 Å². The lowest BCUT2D eigenvalue weighted by molar-refractivity contribution is 1.16. The standard InChI is InChI=1S/C10H9BrN4/c11-8-4-2-1-3-7(8)9-10(15-12)14-6-5-13-9/h1-6H,12H2,(H,14,15).